The molecule has 6 heteroatoms. The van der Waals surface area contributed by atoms with E-state index in [-0.39, 0.29) is 26.5 Å². The molecule has 0 spiro atoms. The van der Waals surface area contributed by atoms with Gasteiger partial charge < -0.3 is 13.9 Å². The van der Waals surface area contributed by atoms with E-state index in [1.165, 1.54) is 16.5 Å². The maximum atomic E-state index is 6.56. The Balaban J connectivity index is 0.00000469. The Kier molecular flexibility index (Phi) is 10.8. The molecule has 0 radical (unpaired) electrons. The van der Waals surface area contributed by atoms with E-state index in [0.29, 0.717) is 17.4 Å². The molecule has 0 saturated carbocycles. The Hall–Kier alpha value is -6.03. The van der Waals surface area contributed by atoms with Crippen LogP contribution in [0.15, 0.2) is 158 Å². The summed E-state index contributed by atoms with van der Waals surface area (Å²) >= 11 is 0. The second-order valence-corrected chi connectivity index (χ2v) is 16.1. The van der Waals surface area contributed by atoms with Gasteiger partial charge in [-0.25, -0.2) is 4.98 Å². The number of pyridine rings is 1. The van der Waals surface area contributed by atoms with Crippen molar-refractivity contribution in [1.82, 2.24) is 14.1 Å². The van der Waals surface area contributed by atoms with E-state index in [1.807, 2.05) is 59.6 Å². The van der Waals surface area contributed by atoms with Gasteiger partial charge in [-0.1, -0.05) is 131 Å². The van der Waals surface area contributed by atoms with Crippen molar-refractivity contribution in [2.45, 2.75) is 46.5 Å². The molecule has 0 amide bonds. The largest absolute Gasteiger partial charge is 0.510 e. The van der Waals surface area contributed by atoms with Gasteiger partial charge in [-0.05, 0) is 80.4 Å². The Labute approximate surface area is 355 Å². The van der Waals surface area contributed by atoms with Gasteiger partial charge in [0.1, 0.15) is 5.82 Å². The zero-order valence-electron chi connectivity index (χ0n) is 33.3. The maximum absolute atomic E-state index is 6.56. The van der Waals surface area contributed by atoms with Gasteiger partial charge in [-0.15, -0.1) is 29.7 Å². The van der Waals surface area contributed by atoms with Crippen LogP contribution in [-0.4, -0.2) is 14.1 Å². The normalized spacial score (nSPS) is 11.6. The smallest absolute Gasteiger partial charge is 0.267 e. The van der Waals surface area contributed by atoms with Crippen LogP contribution in [0.3, 0.4) is 0 Å². The number of hydrogen-bond donors (Lipinski definition) is 0. The van der Waals surface area contributed by atoms with Crippen molar-refractivity contribution in [1.29, 1.82) is 0 Å². The van der Waals surface area contributed by atoms with Crippen LogP contribution in [0.5, 0.6) is 11.5 Å². The third-order valence-electron chi connectivity index (χ3n) is 10.5. The molecule has 3 heterocycles. The quantitative estimate of drug-likeness (QED) is 0.107. The second-order valence-electron chi connectivity index (χ2n) is 16.1. The van der Waals surface area contributed by atoms with Crippen molar-refractivity contribution in [3.63, 3.8) is 0 Å². The molecule has 0 N–H and O–H groups in total. The van der Waals surface area contributed by atoms with Crippen LogP contribution in [-0.2, 0) is 32.9 Å². The Morgan fingerprint density at radius 1 is 0.707 bits per heavy atom. The van der Waals surface area contributed by atoms with Gasteiger partial charge in [0.05, 0.1) is 5.69 Å². The van der Waals surface area contributed by atoms with Crippen LogP contribution in [0.25, 0.3) is 61.3 Å². The zero-order valence-corrected chi connectivity index (χ0v) is 35.6. The molecule has 0 fully saturated rings. The molecule has 0 unspecified atom stereocenters. The minimum Gasteiger partial charge on any atom is -0.510 e. The first-order chi connectivity index (χ1) is 27.7. The third-order valence-corrected chi connectivity index (χ3v) is 10.5. The summed E-state index contributed by atoms with van der Waals surface area (Å²) in [5.74, 6) is 2.60. The topological polar surface area (TPSA) is 35.9 Å². The molecule has 0 aliphatic heterocycles. The summed E-state index contributed by atoms with van der Waals surface area (Å²) in [4.78, 5) is 4.88. The van der Waals surface area contributed by atoms with Crippen LogP contribution in [0.4, 0.5) is 0 Å². The Morgan fingerprint density at radius 3 is 2.09 bits per heavy atom. The number of rotatable bonds is 9. The minimum atomic E-state index is 0. The van der Waals surface area contributed by atoms with Crippen molar-refractivity contribution in [3.05, 3.63) is 188 Å². The zero-order chi connectivity index (χ0) is 39.1. The number of ether oxygens (including phenoxy) is 1. The molecular formula is C52H44N4OPt-2. The minimum absolute atomic E-state index is 0. The van der Waals surface area contributed by atoms with E-state index in [2.05, 4.69) is 165 Å². The van der Waals surface area contributed by atoms with E-state index < -0.39 is 0 Å². The second kappa shape index (κ2) is 16.1. The Bertz CT molecular complexity index is 2810. The molecule has 9 rings (SSSR count). The summed E-state index contributed by atoms with van der Waals surface area (Å²) in [6.45, 7) is 11.3. The summed E-state index contributed by atoms with van der Waals surface area (Å²) in [7, 11) is 0. The van der Waals surface area contributed by atoms with E-state index in [9.17, 15) is 0 Å². The Morgan fingerprint density at radius 2 is 1.40 bits per heavy atom. The molecule has 5 nitrogen and oxygen atoms in total. The predicted molar refractivity (Wildman–Crippen MR) is 231 cm³/mol. The van der Waals surface area contributed by atoms with Gasteiger partial charge in [0.25, 0.3) is 6.33 Å². The monoisotopic (exact) mass is 935 g/mol. The van der Waals surface area contributed by atoms with Crippen LogP contribution < -0.4 is 9.30 Å². The molecule has 6 aromatic carbocycles. The average Bonchev–Trinajstić information content (AvgIpc) is 3.84. The van der Waals surface area contributed by atoms with Crippen molar-refractivity contribution in [2.24, 2.45) is 5.92 Å². The molecule has 290 valence electrons. The average molecular weight is 936 g/mol. The summed E-state index contributed by atoms with van der Waals surface area (Å²) in [5, 5.41) is 2.28. The standard InChI is InChI=1S/C52H44N4O.Pt/c1-36(2)30-37-26-27-53-50(31-37)56-48-25-22-40(52(3,4)5)32-47(48)46-24-23-43(34-49(46)56)57-42-19-12-18-41(33-42)54-28-29-55(35-54)51-44(38-14-8-6-9-15-38)20-13-21-45(51)39-16-10-7-11-17-39;/h6-29,31-32,36H,30H2,1-5H3;/q-2;. The van der Waals surface area contributed by atoms with E-state index >= 15 is 0 Å². The van der Waals surface area contributed by atoms with Crippen LogP contribution >= 0.6 is 0 Å². The van der Waals surface area contributed by atoms with E-state index in [0.717, 1.165) is 62.3 Å². The van der Waals surface area contributed by atoms with Gasteiger partial charge in [-0.3, -0.25) is 4.57 Å². The van der Waals surface area contributed by atoms with Crippen LogP contribution in [0, 0.1) is 24.4 Å². The summed E-state index contributed by atoms with van der Waals surface area (Å²) in [6.07, 6.45) is 10.5. The van der Waals surface area contributed by atoms with Crippen molar-refractivity contribution < 1.29 is 30.4 Å². The molecule has 0 atom stereocenters. The van der Waals surface area contributed by atoms with E-state index in [4.69, 9.17) is 9.72 Å². The maximum Gasteiger partial charge on any atom is 0.267 e. The molecule has 0 saturated heterocycles. The van der Waals surface area contributed by atoms with Gasteiger partial charge in [0, 0.05) is 56.7 Å². The van der Waals surface area contributed by atoms with Crippen LogP contribution in [0.1, 0.15) is 45.7 Å². The van der Waals surface area contributed by atoms with Crippen molar-refractivity contribution in [2.75, 3.05) is 0 Å². The number of benzene rings is 6. The van der Waals surface area contributed by atoms with Crippen molar-refractivity contribution >= 4 is 21.8 Å². The number of para-hydroxylation sites is 1. The molecule has 3 aromatic heterocycles. The molecule has 0 aliphatic carbocycles. The fourth-order valence-corrected chi connectivity index (χ4v) is 7.70. The fourth-order valence-electron chi connectivity index (χ4n) is 7.70. The number of nitrogens with zero attached hydrogens (tertiary/aromatic N) is 4. The third kappa shape index (κ3) is 7.67. The SMILES string of the molecule is CC(C)Cc1ccnc(-n2c3[c-]c(Oc4[c-]c(-n5[c-][n+](-c6c(-c7ccccc7)cccc6-c6ccccc6)cc5)ccc4)ccc3c3cc(C(C)(C)C)ccc32)c1.[Pt]. The number of aromatic nitrogens is 4. The number of hydrogen-bond acceptors (Lipinski definition) is 2. The number of imidazole rings is 1. The van der Waals surface area contributed by atoms with Gasteiger partial charge in [0.15, 0.2) is 0 Å². The van der Waals surface area contributed by atoms with E-state index in [1.54, 1.807) is 0 Å². The fraction of sp³-hybridized carbons (Fsp3) is 0.154. The van der Waals surface area contributed by atoms with Gasteiger partial charge in [0.2, 0.25) is 0 Å². The predicted octanol–water partition coefficient (Wildman–Crippen LogP) is 12.3. The first-order valence-corrected chi connectivity index (χ1v) is 19.6. The first kappa shape index (κ1) is 38.8. The van der Waals surface area contributed by atoms with Crippen LogP contribution in [0.2, 0.25) is 0 Å². The summed E-state index contributed by atoms with van der Waals surface area (Å²) < 4.78 is 12.8. The molecular weight excluding hydrogens is 892 g/mol. The summed E-state index contributed by atoms with van der Waals surface area (Å²) in [6, 6.07) is 55.8. The summed E-state index contributed by atoms with van der Waals surface area (Å²) in [5.41, 5.74) is 11.0. The van der Waals surface area contributed by atoms with Crippen molar-refractivity contribution in [3.8, 4) is 50.9 Å². The molecule has 0 aliphatic rings. The molecule has 58 heavy (non-hydrogen) atoms. The molecule has 0 bridgehead atoms. The first-order valence-electron chi connectivity index (χ1n) is 19.6. The molecule has 9 aromatic rings. The number of fused-ring (bicyclic) bond motifs is 3. The van der Waals surface area contributed by atoms with Gasteiger partial charge >= 0.3 is 0 Å². The van der Waals surface area contributed by atoms with Gasteiger partial charge in [-0.2, -0.15) is 18.2 Å².